The molecule has 0 bridgehead atoms. The summed E-state index contributed by atoms with van der Waals surface area (Å²) in [7, 11) is 4.87. The summed E-state index contributed by atoms with van der Waals surface area (Å²) in [5, 5.41) is 15.9. The van der Waals surface area contributed by atoms with Gasteiger partial charge in [0.15, 0.2) is 17.3 Å². The molecular formula is C20H25N5O3. The molecule has 28 heavy (non-hydrogen) atoms. The molecule has 0 amide bonds. The number of anilines is 1. The molecule has 0 aliphatic heterocycles. The van der Waals surface area contributed by atoms with E-state index in [-0.39, 0.29) is 0 Å². The van der Waals surface area contributed by atoms with Gasteiger partial charge in [0.1, 0.15) is 5.75 Å². The Hall–Kier alpha value is -3.29. The van der Waals surface area contributed by atoms with Gasteiger partial charge in [-0.25, -0.2) is 0 Å². The summed E-state index contributed by atoms with van der Waals surface area (Å²) in [5.41, 5.74) is 1.23. The van der Waals surface area contributed by atoms with Gasteiger partial charge in [-0.1, -0.05) is 6.92 Å². The van der Waals surface area contributed by atoms with Crippen molar-refractivity contribution in [3.05, 3.63) is 48.3 Å². The monoisotopic (exact) mass is 383 g/mol. The van der Waals surface area contributed by atoms with Crippen LogP contribution in [0, 0.1) is 0 Å². The van der Waals surface area contributed by atoms with E-state index < -0.39 is 5.54 Å². The second-order valence-electron chi connectivity index (χ2n) is 6.49. The Balaban J connectivity index is 1.95. The van der Waals surface area contributed by atoms with Crippen molar-refractivity contribution in [2.24, 2.45) is 0 Å². The quantitative estimate of drug-likeness (QED) is 0.638. The van der Waals surface area contributed by atoms with E-state index in [9.17, 15) is 0 Å². The molecule has 3 aromatic rings. The van der Waals surface area contributed by atoms with Crippen LogP contribution in [0.4, 0.5) is 5.69 Å². The van der Waals surface area contributed by atoms with Crippen molar-refractivity contribution >= 4 is 5.69 Å². The van der Waals surface area contributed by atoms with Crippen LogP contribution in [0.5, 0.6) is 17.2 Å². The van der Waals surface area contributed by atoms with E-state index >= 15 is 0 Å². The van der Waals surface area contributed by atoms with Gasteiger partial charge in [0.05, 0.1) is 32.6 Å². The molecule has 3 rings (SSSR count). The highest BCUT2D eigenvalue weighted by Gasteiger charge is 2.32. The highest BCUT2D eigenvalue weighted by Crippen LogP contribution is 2.34. The molecule has 1 N–H and O–H groups in total. The standard InChI is InChI=1S/C20H25N5O3/c1-6-20(2,21-14-7-12-17(27-4)18(13-14)28-5)19-22-23-24-25(19)15-8-10-16(26-3)11-9-15/h7-13,21H,6H2,1-5H3/t20-/m0/s1. The van der Waals surface area contributed by atoms with Crippen molar-refractivity contribution in [2.45, 2.75) is 25.8 Å². The Kier molecular flexibility index (Phi) is 5.67. The second kappa shape index (κ2) is 8.16. The predicted molar refractivity (Wildman–Crippen MR) is 107 cm³/mol. The van der Waals surface area contributed by atoms with Crippen LogP contribution < -0.4 is 19.5 Å². The van der Waals surface area contributed by atoms with Crippen molar-refractivity contribution < 1.29 is 14.2 Å². The summed E-state index contributed by atoms with van der Waals surface area (Å²) >= 11 is 0. The molecule has 2 aromatic carbocycles. The van der Waals surface area contributed by atoms with Crippen LogP contribution in [0.15, 0.2) is 42.5 Å². The summed E-state index contributed by atoms with van der Waals surface area (Å²) in [6.45, 7) is 4.15. The zero-order valence-electron chi connectivity index (χ0n) is 16.8. The van der Waals surface area contributed by atoms with Crippen LogP contribution >= 0.6 is 0 Å². The van der Waals surface area contributed by atoms with E-state index in [0.717, 1.165) is 23.5 Å². The number of tetrazole rings is 1. The number of ether oxygens (including phenoxy) is 3. The number of rotatable bonds is 8. The largest absolute Gasteiger partial charge is 0.497 e. The molecule has 0 fully saturated rings. The van der Waals surface area contributed by atoms with Gasteiger partial charge >= 0.3 is 0 Å². The number of nitrogens with one attached hydrogen (secondary N) is 1. The average Bonchev–Trinajstić information content (AvgIpc) is 3.24. The lowest BCUT2D eigenvalue weighted by molar-refractivity contribution is 0.355. The third kappa shape index (κ3) is 3.71. The minimum Gasteiger partial charge on any atom is -0.497 e. The molecule has 0 aliphatic rings. The highest BCUT2D eigenvalue weighted by molar-refractivity contribution is 5.56. The van der Waals surface area contributed by atoms with Gasteiger partial charge in [-0.05, 0) is 60.2 Å². The van der Waals surface area contributed by atoms with Gasteiger partial charge in [-0.15, -0.1) is 5.10 Å². The highest BCUT2D eigenvalue weighted by atomic mass is 16.5. The molecule has 0 saturated carbocycles. The van der Waals surface area contributed by atoms with Gasteiger partial charge in [0, 0.05) is 11.8 Å². The van der Waals surface area contributed by atoms with Crippen molar-refractivity contribution in [3.63, 3.8) is 0 Å². The zero-order chi connectivity index (χ0) is 20.1. The van der Waals surface area contributed by atoms with Gasteiger partial charge < -0.3 is 19.5 Å². The Morgan fingerprint density at radius 3 is 2.29 bits per heavy atom. The molecule has 0 unspecified atom stereocenters. The SMILES string of the molecule is CC[C@](C)(Nc1ccc(OC)c(OC)c1)c1nnnn1-c1ccc(OC)cc1. The zero-order valence-corrected chi connectivity index (χ0v) is 16.8. The number of methoxy groups -OCH3 is 3. The van der Waals surface area contributed by atoms with Crippen molar-refractivity contribution in [1.29, 1.82) is 0 Å². The van der Waals surface area contributed by atoms with Crippen LogP contribution in [0.1, 0.15) is 26.1 Å². The predicted octanol–water partition coefficient (Wildman–Crippen LogP) is 3.43. The number of nitrogens with zero attached hydrogens (tertiary/aromatic N) is 4. The number of aromatic nitrogens is 4. The average molecular weight is 383 g/mol. The third-order valence-corrected chi connectivity index (χ3v) is 4.79. The number of hydrogen-bond acceptors (Lipinski definition) is 7. The fourth-order valence-electron chi connectivity index (χ4n) is 2.96. The summed E-state index contributed by atoms with van der Waals surface area (Å²) < 4.78 is 17.7. The van der Waals surface area contributed by atoms with E-state index in [2.05, 4.69) is 34.7 Å². The van der Waals surface area contributed by atoms with E-state index in [0.29, 0.717) is 17.3 Å². The van der Waals surface area contributed by atoms with Crippen molar-refractivity contribution in [1.82, 2.24) is 20.2 Å². The van der Waals surface area contributed by atoms with E-state index in [1.54, 1.807) is 26.0 Å². The Bertz CT molecular complexity index is 926. The van der Waals surface area contributed by atoms with Gasteiger partial charge in [0.2, 0.25) is 0 Å². The first-order chi connectivity index (χ1) is 13.5. The van der Waals surface area contributed by atoms with Crippen molar-refractivity contribution in [2.75, 3.05) is 26.6 Å². The topological polar surface area (TPSA) is 83.3 Å². The van der Waals surface area contributed by atoms with E-state index in [1.807, 2.05) is 42.5 Å². The first-order valence-electron chi connectivity index (χ1n) is 8.98. The number of hydrogen-bond donors (Lipinski definition) is 1. The molecule has 0 radical (unpaired) electrons. The Morgan fingerprint density at radius 2 is 1.68 bits per heavy atom. The van der Waals surface area contributed by atoms with Crippen LogP contribution in [0.2, 0.25) is 0 Å². The fraction of sp³-hybridized carbons (Fsp3) is 0.350. The molecule has 0 saturated heterocycles. The van der Waals surface area contributed by atoms with Crippen LogP contribution in [0.3, 0.4) is 0 Å². The molecule has 1 atom stereocenters. The summed E-state index contributed by atoms with van der Waals surface area (Å²) in [4.78, 5) is 0. The maximum Gasteiger partial charge on any atom is 0.181 e. The molecule has 1 aromatic heterocycles. The van der Waals surface area contributed by atoms with Crippen LogP contribution in [-0.4, -0.2) is 41.5 Å². The molecule has 0 aliphatic carbocycles. The van der Waals surface area contributed by atoms with Crippen LogP contribution in [0.25, 0.3) is 5.69 Å². The Morgan fingerprint density at radius 1 is 0.964 bits per heavy atom. The second-order valence-corrected chi connectivity index (χ2v) is 6.49. The maximum absolute atomic E-state index is 5.41. The first kappa shape index (κ1) is 19.5. The van der Waals surface area contributed by atoms with Gasteiger partial charge in [0.25, 0.3) is 0 Å². The van der Waals surface area contributed by atoms with E-state index in [1.165, 1.54) is 0 Å². The molecular weight excluding hydrogens is 358 g/mol. The minimum absolute atomic E-state index is 0.511. The lowest BCUT2D eigenvalue weighted by Gasteiger charge is -2.29. The lowest BCUT2D eigenvalue weighted by Crippen LogP contribution is -2.34. The molecule has 8 heteroatoms. The maximum atomic E-state index is 5.41. The van der Waals surface area contributed by atoms with E-state index in [4.69, 9.17) is 14.2 Å². The summed E-state index contributed by atoms with van der Waals surface area (Å²) in [6.07, 6.45) is 0.762. The first-order valence-corrected chi connectivity index (χ1v) is 8.98. The molecule has 1 heterocycles. The molecule has 8 nitrogen and oxygen atoms in total. The fourth-order valence-corrected chi connectivity index (χ4v) is 2.96. The molecule has 148 valence electrons. The van der Waals surface area contributed by atoms with Crippen LogP contribution in [-0.2, 0) is 5.54 Å². The van der Waals surface area contributed by atoms with Gasteiger partial charge in [-0.2, -0.15) is 4.68 Å². The third-order valence-electron chi connectivity index (χ3n) is 4.79. The number of benzene rings is 2. The summed E-state index contributed by atoms with van der Waals surface area (Å²) in [6, 6.07) is 13.3. The smallest absolute Gasteiger partial charge is 0.181 e. The molecule has 0 spiro atoms. The summed E-state index contributed by atoms with van der Waals surface area (Å²) in [5.74, 6) is 2.81. The normalized spacial score (nSPS) is 12.9. The van der Waals surface area contributed by atoms with Crippen molar-refractivity contribution in [3.8, 4) is 22.9 Å². The minimum atomic E-state index is -0.511. The lowest BCUT2D eigenvalue weighted by atomic mass is 9.97. The Labute approximate surface area is 164 Å². The van der Waals surface area contributed by atoms with Gasteiger partial charge in [-0.3, -0.25) is 0 Å².